The first-order chi connectivity index (χ1) is 15.3. The van der Waals surface area contributed by atoms with Crippen LogP contribution in [0.15, 0.2) is 54.6 Å². The minimum Gasteiger partial charge on any atom is -0.506 e. The number of carbonyl (C=O) groups excluding carboxylic acids is 1. The van der Waals surface area contributed by atoms with Crippen molar-refractivity contribution in [3.63, 3.8) is 0 Å². The molecule has 0 radical (unpaired) electrons. The normalized spacial score (nSPS) is 11.8. The fraction of sp³-hybridized carbons (Fsp3) is 0.240. The van der Waals surface area contributed by atoms with Gasteiger partial charge in [-0.15, -0.1) is 0 Å². The monoisotopic (exact) mass is 436 g/mol. The Morgan fingerprint density at radius 2 is 1.72 bits per heavy atom. The van der Waals surface area contributed by atoms with Crippen LogP contribution in [-0.4, -0.2) is 23.2 Å². The van der Waals surface area contributed by atoms with E-state index in [9.17, 15) is 15.0 Å². The molecule has 32 heavy (non-hydrogen) atoms. The van der Waals surface area contributed by atoms with Crippen molar-refractivity contribution in [2.75, 3.05) is 18.2 Å². The minimum absolute atomic E-state index is 0.0339. The molecule has 0 fully saturated rings. The predicted molar refractivity (Wildman–Crippen MR) is 124 cm³/mol. The zero-order valence-corrected chi connectivity index (χ0v) is 18.4. The highest BCUT2D eigenvalue weighted by molar-refractivity contribution is 6.05. The summed E-state index contributed by atoms with van der Waals surface area (Å²) in [6.07, 6.45) is 1.38. The van der Waals surface area contributed by atoms with Crippen LogP contribution in [-0.2, 0) is 9.78 Å². The van der Waals surface area contributed by atoms with E-state index in [2.05, 4.69) is 12.2 Å². The Morgan fingerprint density at radius 1 is 1.03 bits per heavy atom. The van der Waals surface area contributed by atoms with Gasteiger partial charge in [0.05, 0.1) is 18.5 Å². The second-order valence-electron chi connectivity index (χ2n) is 7.57. The Balaban J connectivity index is 1.82. The topological polar surface area (TPSA) is 114 Å². The number of anilines is 2. The summed E-state index contributed by atoms with van der Waals surface area (Å²) in [5.74, 6) is -0.480. The summed E-state index contributed by atoms with van der Waals surface area (Å²) in [5.41, 5.74) is 9.87. The lowest BCUT2D eigenvalue weighted by Crippen LogP contribution is -2.14. The number of nitrogens with one attached hydrogen (secondary N) is 1. The summed E-state index contributed by atoms with van der Waals surface area (Å²) in [4.78, 5) is 23.1. The first kappa shape index (κ1) is 23.1. The Labute approximate surface area is 187 Å². The van der Waals surface area contributed by atoms with Crippen molar-refractivity contribution in [1.82, 2.24) is 0 Å². The molecule has 3 aromatic carbocycles. The number of hydrogen-bond acceptors (Lipinski definition) is 6. The van der Waals surface area contributed by atoms with Crippen LogP contribution in [0.4, 0.5) is 11.4 Å². The molecule has 7 heteroatoms. The van der Waals surface area contributed by atoms with Gasteiger partial charge in [0.1, 0.15) is 17.6 Å². The SMILES string of the molecule is CCCC(OOC)c1cc(C(=O)Nc2ccc(-c3ccc(N)c(O)c3)cc2O)ccc1C. The number of rotatable bonds is 8. The molecule has 1 unspecified atom stereocenters. The summed E-state index contributed by atoms with van der Waals surface area (Å²) < 4.78 is 0. The van der Waals surface area contributed by atoms with Gasteiger partial charge in [-0.3, -0.25) is 4.79 Å². The van der Waals surface area contributed by atoms with Crippen LogP contribution in [0.25, 0.3) is 11.1 Å². The molecule has 3 aromatic rings. The van der Waals surface area contributed by atoms with Crippen LogP contribution in [0.3, 0.4) is 0 Å². The van der Waals surface area contributed by atoms with Gasteiger partial charge in [-0.25, -0.2) is 9.78 Å². The highest BCUT2D eigenvalue weighted by atomic mass is 17.2. The average Bonchev–Trinajstić information content (AvgIpc) is 2.77. The van der Waals surface area contributed by atoms with Gasteiger partial charge in [0, 0.05) is 5.56 Å². The number of aromatic hydroxyl groups is 2. The molecule has 0 aliphatic carbocycles. The van der Waals surface area contributed by atoms with Crippen LogP contribution in [0.1, 0.15) is 47.4 Å². The Hall–Kier alpha value is -3.55. The molecule has 7 nitrogen and oxygen atoms in total. The molecule has 0 saturated heterocycles. The van der Waals surface area contributed by atoms with E-state index in [1.807, 2.05) is 13.0 Å². The zero-order valence-electron chi connectivity index (χ0n) is 18.4. The standard InChI is InChI=1S/C25H28N2O5/c1-4-5-24(32-31-3)19-12-18(7-6-15(19)2)25(30)27-21-11-9-17(14-23(21)29)16-8-10-20(26)22(28)13-16/h6-14,24,28-29H,4-5,26H2,1-3H3,(H,27,30). The van der Waals surface area contributed by atoms with Crippen LogP contribution >= 0.6 is 0 Å². The molecule has 0 bridgehead atoms. The smallest absolute Gasteiger partial charge is 0.255 e. The van der Waals surface area contributed by atoms with Gasteiger partial charge in [-0.2, -0.15) is 0 Å². The Morgan fingerprint density at radius 3 is 2.34 bits per heavy atom. The lowest BCUT2D eigenvalue weighted by molar-refractivity contribution is -0.309. The molecule has 168 valence electrons. The molecular formula is C25H28N2O5. The van der Waals surface area contributed by atoms with Crippen molar-refractivity contribution in [3.8, 4) is 22.6 Å². The Bertz CT molecular complexity index is 1110. The third-order valence-electron chi connectivity index (χ3n) is 5.26. The maximum atomic E-state index is 12.9. The number of nitrogens with two attached hydrogens (primary N) is 1. The zero-order chi connectivity index (χ0) is 23.3. The van der Waals surface area contributed by atoms with Crippen molar-refractivity contribution >= 4 is 17.3 Å². The molecule has 0 aliphatic heterocycles. The molecule has 5 N–H and O–H groups in total. The van der Waals surface area contributed by atoms with E-state index < -0.39 is 0 Å². The van der Waals surface area contributed by atoms with E-state index >= 15 is 0 Å². The highest BCUT2D eigenvalue weighted by Crippen LogP contribution is 2.33. The molecule has 0 aromatic heterocycles. The first-order valence-electron chi connectivity index (χ1n) is 10.4. The van der Waals surface area contributed by atoms with E-state index in [1.54, 1.807) is 36.4 Å². The minimum atomic E-state index is -0.355. The molecule has 1 amide bonds. The summed E-state index contributed by atoms with van der Waals surface area (Å²) in [7, 11) is 1.47. The number of aryl methyl sites for hydroxylation is 1. The van der Waals surface area contributed by atoms with Crippen LogP contribution in [0.5, 0.6) is 11.5 Å². The van der Waals surface area contributed by atoms with Crippen molar-refractivity contribution in [1.29, 1.82) is 0 Å². The molecule has 0 aliphatic rings. The largest absolute Gasteiger partial charge is 0.506 e. The summed E-state index contributed by atoms with van der Waals surface area (Å²) >= 11 is 0. The summed E-state index contributed by atoms with van der Waals surface area (Å²) in [5, 5.41) is 23.0. The second kappa shape index (κ2) is 10.2. The fourth-order valence-electron chi connectivity index (χ4n) is 3.50. The summed E-state index contributed by atoms with van der Waals surface area (Å²) in [6, 6.07) is 15.1. The van der Waals surface area contributed by atoms with Crippen molar-refractivity contribution < 1.29 is 24.8 Å². The maximum Gasteiger partial charge on any atom is 0.255 e. The molecule has 0 saturated carbocycles. The molecule has 0 spiro atoms. The van der Waals surface area contributed by atoms with Crippen molar-refractivity contribution in [3.05, 3.63) is 71.3 Å². The third-order valence-corrected chi connectivity index (χ3v) is 5.26. The first-order valence-corrected chi connectivity index (χ1v) is 10.4. The van der Waals surface area contributed by atoms with Crippen LogP contribution in [0.2, 0.25) is 0 Å². The molecule has 1 atom stereocenters. The Kier molecular flexibility index (Phi) is 7.35. The maximum absolute atomic E-state index is 12.9. The van der Waals surface area contributed by atoms with Gasteiger partial charge in [0.25, 0.3) is 5.91 Å². The number of carbonyl (C=O) groups is 1. The second-order valence-corrected chi connectivity index (χ2v) is 7.57. The van der Waals surface area contributed by atoms with E-state index in [-0.39, 0.29) is 34.9 Å². The lowest BCUT2D eigenvalue weighted by atomic mass is 9.97. The van der Waals surface area contributed by atoms with Gasteiger partial charge in [-0.05, 0) is 72.0 Å². The predicted octanol–water partition coefficient (Wildman–Crippen LogP) is 5.33. The van der Waals surface area contributed by atoms with Gasteiger partial charge < -0.3 is 21.3 Å². The van der Waals surface area contributed by atoms with Gasteiger partial charge >= 0.3 is 0 Å². The quantitative estimate of drug-likeness (QED) is 0.164. The number of phenolic OH excluding ortho intramolecular Hbond substituents is 2. The number of amides is 1. The highest BCUT2D eigenvalue weighted by Gasteiger charge is 2.18. The molecule has 0 heterocycles. The van der Waals surface area contributed by atoms with E-state index in [0.29, 0.717) is 16.7 Å². The van der Waals surface area contributed by atoms with Crippen molar-refractivity contribution in [2.45, 2.75) is 32.8 Å². The number of hydrogen-bond donors (Lipinski definition) is 4. The van der Waals surface area contributed by atoms with Gasteiger partial charge in [-0.1, -0.05) is 31.5 Å². The van der Waals surface area contributed by atoms with Gasteiger partial charge in [0.2, 0.25) is 0 Å². The molecule has 3 rings (SSSR count). The van der Waals surface area contributed by atoms with E-state index in [0.717, 1.165) is 24.0 Å². The molecular weight excluding hydrogens is 408 g/mol. The third kappa shape index (κ3) is 5.19. The van der Waals surface area contributed by atoms with E-state index in [4.69, 9.17) is 15.5 Å². The lowest BCUT2D eigenvalue weighted by Gasteiger charge is -2.18. The summed E-state index contributed by atoms with van der Waals surface area (Å²) in [6.45, 7) is 4.01. The van der Waals surface area contributed by atoms with Crippen LogP contribution in [0, 0.1) is 6.92 Å². The van der Waals surface area contributed by atoms with Crippen molar-refractivity contribution in [2.24, 2.45) is 0 Å². The van der Waals surface area contributed by atoms with E-state index in [1.165, 1.54) is 19.2 Å². The fourth-order valence-corrected chi connectivity index (χ4v) is 3.50. The number of benzene rings is 3. The number of phenols is 2. The average molecular weight is 437 g/mol. The van der Waals surface area contributed by atoms with Crippen LogP contribution < -0.4 is 11.1 Å². The number of nitrogen functional groups attached to an aromatic ring is 1. The van der Waals surface area contributed by atoms with Gasteiger partial charge in [0.15, 0.2) is 0 Å².